The van der Waals surface area contributed by atoms with Gasteiger partial charge >= 0.3 is 0 Å². The van der Waals surface area contributed by atoms with E-state index in [9.17, 15) is 4.79 Å². The Morgan fingerprint density at radius 2 is 1.85 bits per heavy atom. The first-order valence-corrected chi connectivity index (χ1v) is 9.58. The fraction of sp³-hybridized carbons (Fsp3) is 0.250. The number of benzene rings is 2. The Labute approximate surface area is 157 Å². The molecule has 0 unspecified atom stereocenters. The Morgan fingerprint density at radius 1 is 1.08 bits per heavy atom. The summed E-state index contributed by atoms with van der Waals surface area (Å²) >= 11 is 1.45. The molecule has 0 atom stereocenters. The molecule has 0 spiro atoms. The summed E-state index contributed by atoms with van der Waals surface area (Å²) in [7, 11) is 2.06. The van der Waals surface area contributed by atoms with Crippen molar-refractivity contribution in [1.82, 2.24) is 15.3 Å². The van der Waals surface area contributed by atoms with E-state index in [1.54, 1.807) is 6.33 Å². The molecule has 0 radical (unpaired) electrons. The molecule has 5 nitrogen and oxygen atoms in total. The molecular weight excluding hydrogens is 344 g/mol. The molecule has 0 aliphatic heterocycles. The summed E-state index contributed by atoms with van der Waals surface area (Å²) < 4.78 is 0. The molecule has 2 aromatic carbocycles. The largest absolute Gasteiger partial charge is 0.375 e. The van der Waals surface area contributed by atoms with Crippen LogP contribution in [-0.2, 0) is 4.79 Å². The van der Waals surface area contributed by atoms with Crippen LogP contribution in [0.5, 0.6) is 0 Å². The van der Waals surface area contributed by atoms with Crippen LogP contribution < -0.4 is 10.2 Å². The maximum atomic E-state index is 12.1. The fourth-order valence-corrected chi connectivity index (χ4v) is 3.46. The average molecular weight is 366 g/mol. The van der Waals surface area contributed by atoms with Gasteiger partial charge in [-0.15, -0.1) is 0 Å². The molecule has 1 aromatic heterocycles. The van der Waals surface area contributed by atoms with E-state index in [1.807, 2.05) is 42.5 Å². The molecule has 134 valence electrons. The van der Waals surface area contributed by atoms with Crippen molar-refractivity contribution in [3.63, 3.8) is 0 Å². The molecule has 3 rings (SSSR count). The minimum Gasteiger partial charge on any atom is -0.375 e. The van der Waals surface area contributed by atoms with Crippen molar-refractivity contribution >= 4 is 34.3 Å². The van der Waals surface area contributed by atoms with Gasteiger partial charge in [0.05, 0.1) is 11.3 Å². The molecule has 1 heterocycles. The normalized spacial score (nSPS) is 10.7. The Kier molecular flexibility index (Phi) is 6.44. The van der Waals surface area contributed by atoms with Crippen LogP contribution in [0.2, 0.25) is 0 Å². The number of nitrogens with zero attached hydrogens (tertiary/aromatic N) is 3. The van der Waals surface area contributed by atoms with Gasteiger partial charge in [0.2, 0.25) is 5.91 Å². The van der Waals surface area contributed by atoms with Gasteiger partial charge in [-0.2, -0.15) is 0 Å². The number of carbonyl (C=O) groups excluding carboxylic acids is 1. The van der Waals surface area contributed by atoms with Crippen LogP contribution in [0.1, 0.15) is 6.42 Å². The summed E-state index contributed by atoms with van der Waals surface area (Å²) in [6.45, 7) is 1.56. The van der Waals surface area contributed by atoms with Crippen molar-refractivity contribution in [3.8, 4) is 0 Å². The van der Waals surface area contributed by atoms with Crippen molar-refractivity contribution in [3.05, 3.63) is 60.9 Å². The molecule has 6 heteroatoms. The average Bonchev–Trinajstić information content (AvgIpc) is 2.70. The molecule has 0 fully saturated rings. The second kappa shape index (κ2) is 9.20. The van der Waals surface area contributed by atoms with Crippen molar-refractivity contribution < 1.29 is 4.79 Å². The van der Waals surface area contributed by atoms with E-state index >= 15 is 0 Å². The Morgan fingerprint density at radius 3 is 2.69 bits per heavy atom. The van der Waals surface area contributed by atoms with E-state index in [4.69, 9.17) is 0 Å². The lowest BCUT2D eigenvalue weighted by atomic mass is 10.2. The quantitative estimate of drug-likeness (QED) is 0.376. The second-order valence-corrected chi connectivity index (χ2v) is 6.91. The molecule has 0 aliphatic rings. The van der Waals surface area contributed by atoms with Crippen LogP contribution in [0.3, 0.4) is 0 Å². The predicted octanol–water partition coefficient (Wildman–Crippen LogP) is 3.36. The molecule has 1 N–H and O–H groups in total. The maximum Gasteiger partial charge on any atom is 0.230 e. The first kappa shape index (κ1) is 18.2. The van der Waals surface area contributed by atoms with Crippen LogP contribution in [0.4, 0.5) is 5.69 Å². The summed E-state index contributed by atoms with van der Waals surface area (Å²) in [6.07, 6.45) is 2.44. The Hall–Kier alpha value is -2.60. The second-order valence-electron chi connectivity index (χ2n) is 5.95. The van der Waals surface area contributed by atoms with Gasteiger partial charge in [-0.25, -0.2) is 9.97 Å². The summed E-state index contributed by atoms with van der Waals surface area (Å²) in [5, 5.41) is 4.80. The highest BCUT2D eigenvalue weighted by atomic mass is 32.2. The van der Waals surface area contributed by atoms with Gasteiger partial charge in [-0.3, -0.25) is 4.79 Å². The molecule has 0 saturated carbocycles. The van der Waals surface area contributed by atoms with E-state index in [0.717, 1.165) is 28.9 Å². The Bertz CT molecular complexity index is 851. The lowest BCUT2D eigenvalue weighted by molar-refractivity contribution is -0.118. The predicted molar refractivity (Wildman–Crippen MR) is 108 cm³/mol. The van der Waals surface area contributed by atoms with Crippen molar-refractivity contribution in [1.29, 1.82) is 0 Å². The third kappa shape index (κ3) is 4.95. The van der Waals surface area contributed by atoms with Gasteiger partial charge in [-0.1, -0.05) is 48.2 Å². The van der Waals surface area contributed by atoms with Crippen LogP contribution in [0.15, 0.2) is 66.0 Å². The highest BCUT2D eigenvalue weighted by molar-refractivity contribution is 8.00. The van der Waals surface area contributed by atoms with Crippen LogP contribution >= 0.6 is 11.8 Å². The highest BCUT2D eigenvalue weighted by Gasteiger charge is 2.07. The minimum atomic E-state index is 0.0278. The first-order valence-electron chi connectivity index (χ1n) is 8.59. The Balaban J connectivity index is 1.40. The van der Waals surface area contributed by atoms with E-state index in [2.05, 4.69) is 39.4 Å². The third-order valence-corrected chi connectivity index (χ3v) is 5.04. The highest BCUT2D eigenvalue weighted by Crippen LogP contribution is 2.23. The number of carbonyl (C=O) groups is 1. The topological polar surface area (TPSA) is 58.1 Å². The first-order chi connectivity index (χ1) is 12.7. The van der Waals surface area contributed by atoms with Crippen molar-refractivity contribution in [2.24, 2.45) is 0 Å². The molecule has 0 aliphatic carbocycles. The van der Waals surface area contributed by atoms with Crippen molar-refractivity contribution in [2.45, 2.75) is 11.4 Å². The standard InChI is InChI=1S/C20H22N4OS/c1-24(16-8-3-2-4-9-16)13-7-12-21-19(25)14-26-20-17-10-5-6-11-18(17)22-15-23-20/h2-6,8-11,15H,7,12-14H2,1H3,(H,21,25). The number of aromatic nitrogens is 2. The zero-order valence-electron chi connectivity index (χ0n) is 14.8. The smallest absolute Gasteiger partial charge is 0.230 e. The van der Waals surface area contributed by atoms with E-state index < -0.39 is 0 Å². The minimum absolute atomic E-state index is 0.0278. The molecular formula is C20H22N4OS. The number of amides is 1. The molecule has 26 heavy (non-hydrogen) atoms. The molecule has 3 aromatic rings. The SMILES string of the molecule is CN(CCCNC(=O)CSc1ncnc2ccccc12)c1ccccc1. The van der Waals surface area contributed by atoms with Crippen molar-refractivity contribution in [2.75, 3.05) is 30.8 Å². The van der Waals surface area contributed by atoms with Gasteiger partial charge in [0.15, 0.2) is 0 Å². The number of thioether (sulfide) groups is 1. The number of fused-ring (bicyclic) bond motifs is 1. The summed E-state index contributed by atoms with van der Waals surface area (Å²) in [6, 6.07) is 18.1. The molecule has 0 saturated heterocycles. The summed E-state index contributed by atoms with van der Waals surface area (Å²) in [4.78, 5) is 22.8. The number of hydrogen-bond donors (Lipinski definition) is 1. The monoisotopic (exact) mass is 366 g/mol. The van der Waals surface area contributed by atoms with Crippen LogP contribution in [0, 0.1) is 0 Å². The van der Waals surface area contributed by atoms with Gasteiger partial charge in [0.1, 0.15) is 11.4 Å². The number of anilines is 1. The lowest BCUT2D eigenvalue weighted by Gasteiger charge is -2.19. The number of nitrogens with one attached hydrogen (secondary N) is 1. The molecule has 1 amide bonds. The van der Waals surface area contributed by atoms with Gasteiger partial charge < -0.3 is 10.2 Å². The number of hydrogen-bond acceptors (Lipinski definition) is 5. The van der Waals surface area contributed by atoms with E-state index in [0.29, 0.717) is 12.3 Å². The summed E-state index contributed by atoms with van der Waals surface area (Å²) in [5.74, 6) is 0.385. The fourth-order valence-electron chi connectivity index (χ4n) is 2.64. The molecule has 0 bridgehead atoms. The van der Waals surface area contributed by atoms with E-state index in [1.165, 1.54) is 17.4 Å². The number of rotatable bonds is 8. The lowest BCUT2D eigenvalue weighted by Crippen LogP contribution is -2.29. The summed E-state index contributed by atoms with van der Waals surface area (Å²) in [5.41, 5.74) is 2.08. The van der Waals surface area contributed by atoms with Gasteiger partial charge in [-0.05, 0) is 24.6 Å². The zero-order chi connectivity index (χ0) is 18.2. The van der Waals surface area contributed by atoms with Crippen LogP contribution in [-0.4, -0.2) is 41.8 Å². The van der Waals surface area contributed by atoms with E-state index in [-0.39, 0.29) is 5.91 Å². The van der Waals surface area contributed by atoms with Crippen LogP contribution in [0.25, 0.3) is 10.9 Å². The zero-order valence-corrected chi connectivity index (χ0v) is 15.6. The van der Waals surface area contributed by atoms with Gasteiger partial charge in [0, 0.05) is 31.2 Å². The number of para-hydroxylation sites is 2. The van der Waals surface area contributed by atoms with Gasteiger partial charge in [0.25, 0.3) is 0 Å². The maximum absolute atomic E-state index is 12.1. The third-order valence-electron chi connectivity index (χ3n) is 4.04.